The van der Waals surface area contributed by atoms with Gasteiger partial charge >= 0.3 is 0 Å². The maximum Gasteiger partial charge on any atom is 0.253 e. The number of nitrogens with one attached hydrogen (secondary N) is 1. The van der Waals surface area contributed by atoms with Gasteiger partial charge in [-0.25, -0.2) is 0 Å². The maximum atomic E-state index is 12.0. The molecule has 0 heterocycles. The van der Waals surface area contributed by atoms with E-state index < -0.39 is 0 Å². The molecule has 88 valence electrons. The third-order valence-electron chi connectivity index (χ3n) is 2.53. The zero-order chi connectivity index (χ0) is 12.2. The second-order valence-corrected chi connectivity index (χ2v) is 4.68. The Labute approximate surface area is 97.0 Å². The van der Waals surface area contributed by atoms with Crippen LogP contribution < -0.4 is 11.1 Å². The van der Waals surface area contributed by atoms with Gasteiger partial charge in [0.2, 0.25) is 0 Å². The first-order chi connectivity index (χ1) is 7.46. The summed E-state index contributed by atoms with van der Waals surface area (Å²) in [4.78, 5) is 12.0. The molecule has 0 saturated heterocycles. The number of rotatable bonds is 4. The van der Waals surface area contributed by atoms with Crippen molar-refractivity contribution in [1.29, 1.82) is 0 Å². The van der Waals surface area contributed by atoms with Crippen LogP contribution in [0.2, 0.25) is 0 Å². The van der Waals surface area contributed by atoms with Gasteiger partial charge in [0.25, 0.3) is 5.91 Å². The van der Waals surface area contributed by atoms with Crippen LogP contribution in [0.25, 0.3) is 0 Å². The third-order valence-corrected chi connectivity index (χ3v) is 2.53. The van der Waals surface area contributed by atoms with E-state index in [9.17, 15) is 4.79 Å². The van der Waals surface area contributed by atoms with Gasteiger partial charge in [0.1, 0.15) is 0 Å². The summed E-state index contributed by atoms with van der Waals surface area (Å²) in [5.74, 6) is -0.100. The Hall–Kier alpha value is -1.51. The van der Waals surface area contributed by atoms with Crippen LogP contribution in [0.15, 0.2) is 24.3 Å². The minimum Gasteiger partial charge on any atom is -0.398 e. The molecule has 0 fully saturated rings. The van der Waals surface area contributed by atoms with Gasteiger partial charge in [-0.15, -0.1) is 0 Å². The standard InChI is InChI=1S/C13H20N2O/c1-4-9-13(2,3)15-12(16)10-7-5-6-8-11(10)14/h5-8H,4,9,14H2,1-3H3,(H,15,16). The lowest BCUT2D eigenvalue weighted by molar-refractivity contribution is 0.0910. The van der Waals surface area contributed by atoms with Crippen molar-refractivity contribution in [3.63, 3.8) is 0 Å². The lowest BCUT2D eigenvalue weighted by Crippen LogP contribution is -2.43. The van der Waals surface area contributed by atoms with Crippen molar-refractivity contribution in [3.8, 4) is 0 Å². The number of hydrogen-bond donors (Lipinski definition) is 2. The number of carbonyl (C=O) groups excluding carboxylic acids is 1. The van der Waals surface area contributed by atoms with Gasteiger partial charge < -0.3 is 11.1 Å². The molecular weight excluding hydrogens is 200 g/mol. The van der Waals surface area contributed by atoms with Gasteiger partial charge in [0.15, 0.2) is 0 Å². The van der Waals surface area contributed by atoms with Crippen LogP contribution in [0.5, 0.6) is 0 Å². The summed E-state index contributed by atoms with van der Waals surface area (Å²) in [6.07, 6.45) is 1.99. The monoisotopic (exact) mass is 220 g/mol. The molecule has 3 nitrogen and oxygen atoms in total. The van der Waals surface area contributed by atoms with Crippen LogP contribution in [-0.4, -0.2) is 11.4 Å². The molecule has 0 aliphatic carbocycles. The van der Waals surface area contributed by atoms with E-state index in [2.05, 4.69) is 12.2 Å². The summed E-state index contributed by atoms with van der Waals surface area (Å²) in [6, 6.07) is 7.12. The average Bonchev–Trinajstić information content (AvgIpc) is 2.17. The summed E-state index contributed by atoms with van der Waals surface area (Å²) >= 11 is 0. The Kier molecular flexibility index (Phi) is 3.93. The van der Waals surface area contributed by atoms with Crippen LogP contribution in [0, 0.1) is 0 Å². The summed E-state index contributed by atoms with van der Waals surface area (Å²) < 4.78 is 0. The molecule has 1 amide bonds. The minimum absolute atomic E-state index is 0.100. The number of anilines is 1. The van der Waals surface area contributed by atoms with Crippen LogP contribution >= 0.6 is 0 Å². The number of hydrogen-bond acceptors (Lipinski definition) is 2. The molecule has 0 spiro atoms. The molecule has 0 aliphatic rings. The molecule has 0 radical (unpaired) electrons. The fourth-order valence-electron chi connectivity index (χ4n) is 1.77. The van der Waals surface area contributed by atoms with Crippen molar-refractivity contribution in [3.05, 3.63) is 29.8 Å². The number of nitrogen functional groups attached to an aromatic ring is 1. The number of benzene rings is 1. The first-order valence-electron chi connectivity index (χ1n) is 5.63. The third kappa shape index (κ3) is 3.26. The van der Waals surface area contributed by atoms with Crippen molar-refractivity contribution in [2.75, 3.05) is 5.73 Å². The zero-order valence-corrected chi connectivity index (χ0v) is 10.2. The molecule has 1 aromatic rings. The summed E-state index contributed by atoms with van der Waals surface area (Å²) in [5, 5.41) is 3.00. The van der Waals surface area contributed by atoms with E-state index >= 15 is 0 Å². The first-order valence-corrected chi connectivity index (χ1v) is 5.63. The van der Waals surface area contributed by atoms with Gasteiger partial charge in [-0.1, -0.05) is 25.5 Å². The van der Waals surface area contributed by atoms with Crippen molar-refractivity contribution >= 4 is 11.6 Å². The van der Waals surface area contributed by atoms with Crippen molar-refractivity contribution in [2.45, 2.75) is 39.2 Å². The van der Waals surface area contributed by atoms with E-state index in [4.69, 9.17) is 5.73 Å². The molecule has 0 bridgehead atoms. The van der Waals surface area contributed by atoms with Crippen molar-refractivity contribution < 1.29 is 4.79 Å². The minimum atomic E-state index is -0.186. The predicted octanol–water partition coefficient (Wildman–Crippen LogP) is 2.58. The SMILES string of the molecule is CCCC(C)(C)NC(=O)c1ccccc1N. The molecular formula is C13H20N2O. The number of carbonyl (C=O) groups is 1. The van der Waals surface area contributed by atoms with Gasteiger partial charge in [-0.2, -0.15) is 0 Å². The Balaban J connectivity index is 2.77. The predicted molar refractivity (Wildman–Crippen MR) is 67.3 cm³/mol. The zero-order valence-electron chi connectivity index (χ0n) is 10.2. The van der Waals surface area contributed by atoms with Gasteiger partial charge in [0.05, 0.1) is 5.56 Å². The van der Waals surface area contributed by atoms with E-state index in [1.807, 2.05) is 26.0 Å². The molecule has 0 aliphatic heterocycles. The van der Waals surface area contributed by atoms with Crippen LogP contribution in [0.1, 0.15) is 44.0 Å². The molecule has 3 N–H and O–H groups in total. The Morgan fingerprint density at radius 1 is 1.38 bits per heavy atom. The smallest absolute Gasteiger partial charge is 0.253 e. The highest BCUT2D eigenvalue weighted by Gasteiger charge is 2.20. The summed E-state index contributed by atoms with van der Waals surface area (Å²) in [5.41, 5.74) is 6.64. The molecule has 0 aromatic heterocycles. The second kappa shape index (κ2) is 5.01. The molecule has 0 saturated carbocycles. The largest absolute Gasteiger partial charge is 0.398 e. The van der Waals surface area contributed by atoms with E-state index in [-0.39, 0.29) is 11.4 Å². The first kappa shape index (κ1) is 12.6. The lowest BCUT2D eigenvalue weighted by Gasteiger charge is -2.26. The summed E-state index contributed by atoms with van der Waals surface area (Å²) in [7, 11) is 0. The molecule has 1 rings (SSSR count). The van der Waals surface area contributed by atoms with E-state index in [0.717, 1.165) is 12.8 Å². The molecule has 0 atom stereocenters. The van der Waals surface area contributed by atoms with E-state index in [0.29, 0.717) is 11.3 Å². The lowest BCUT2D eigenvalue weighted by atomic mass is 9.98. The van der Waals surface area contributed by atoms with Crippen molar-refractivity contribution in [2.24, 2.45) is 0 Å². The highest BCUT2D eigenvalue weighted by atomic mass is 16.1. The number of nitrogens with two attached hydrogens (primary N) is 1. The van der Waals surface area contributed by atoms with Crippen molar-refractivity contribution in [1.82, 2.24) is 5.32 Å². The Bertz CT molecular complexity index is 372. The Morgan fingerprint density at radius 3 is 2.56 bits per heavy atom. The molecule has 3 heteroatoms. The maximum absolute atomic E-state index is 12.0. The van der Waals surface area contributed by atoms with Gasteiger partial charge in [-0.05, 0) is 32.4 Å². The van der Waals surface area contributed by atoms with Crippen LogP contribution in [0.3, 0.4) is 0 Å². The normalized spacial score (nSPS) is 11.2. The highest BCUT2D eigenvalue weighted by molar-refractivity contribution is 5.99. The quantitative estimate of drug-likeness (QED) is 0.766. The van der Waals surface area contributed by atoms with E-state index in [1.165, 1.54) is 0 Å². The Morgan fingerprint density at radius 2 is 2.00 bits per heavy atom. The van der Waals surface area contributed by atoms with Gasteiger partial charge in [0, 0.05) is 11.2 Å². The number of para-hydroxylation sites is 1. The second-order valence-electron chi connectivity index (χ2n) is 4.68. The van der Waals surface area contributed by atoms with E-state index in [1.54, 1.807) is 12.1 Å². The highest BCUT2D eigenvalue weighted by Crippen LogP contribution is 2.15. The molecule has 0 unspecified atom stereocenters. The average molecular weight is 220 g/mol. The van der Waals surface area contributed by atoms with Gasteiger partial charge in [-0.3, -0.25) is 4.79 Å². The van der Waals surface area contributed by atoms with Crippen LogP contribution in [0.4, 0.5) is 5.69 Å². The number of amides is 1. The fourth-order valence-corrected chi connectivity index (χ4v) is 1.77. The van der Waals surface area contributed by atoms with Crippen LogP contribution in [-0.2, 0) is 0 Å². The fraction of sp³-hybridized carbons (Fsp3) is 0.462. The topological polar surface area (TPSA) is 55.1 Å². The molecule has 16 heavy (non-hydrogen) atoms. The molecule has 1 aromatic carbocycles. The summed E-state index contributed by atoms with van der Waals surface area (Å²) in [6.45, 7) is 6.14.